The van der Waals surface area contributed by atoms with Crippen molar-refractivity contribution in [2.24, 2.45) is 10.9 Å². The van der Waals surface area contributed by atoms with Crippen LogP contribution in [0.25, 0.3) is 0 Å². The Balaban J connectivity index is 2.73. The Kier molecular flexibility index (Phi) is 3.29. The van der Waals surface area contributed by atoms with E-state index in [0.29, 0.717) is 5.92 Å². The predicted octanol–water partition coefficient (Wildman–Crippen LogP) is 3.60. The quantitative estimate of drug-likeness (QED) is 0.625. The van der Waals surface area contributed by atoms with Crippen molar-refractivity contribution in [3.63, 3.8) is 0 Å². The van der Waals surface area contributed by atoms with E-state index >= 15 is 0 Å². The van der Waals surface area contributed by atoms with E-state index in [9.17, 15) is 0 Å². The molecule has 0 spiro atoms. The van der Waals surface area contributed by atoms with Crippen LogP contribution >= 0.6 is 0 Å². The Hall–Kier alpha value is -0.590. The molecule has 0 aliphatic carbocycles. The molecule has 1 aliphatic heterocycles. The van der Waals surface area contributed by atoms with E-state index in [1.807, 2.05) is 0 Å². The molecule has 0 saturated carbocycles. The molecule has 1 heteroatoms. The SMILES string of the molecule is CCCC(CC)C1(C)C=CC(C)=N1. The van der Waals surface area contributed by atoms with Crippen LogP contribution in [-0.4, -0.2) is 11.3 Å². The fraction of sp³-hybridized carbons (Fsp3) is 0.750. The second-order valence-corrected chi connectivity index (χ2v) is 4.21. The third-order valence-corrected chi connectivity index (χ3v) is 3.04. The van der Waals surface area contributed by atoms with E-state index in [2.05, 4.69) is 39.8 Å². The van der Waals surface area contributed by atoms with E-state index in [-0.39, 0.29) is 5.54 Å². The molecule has 74 valence electrons. The smallest absolute Gasteiger partial charge is 0.0794 e. The summed E-state index contributed by atoms with van der Waals surface area (Å²) in [6, 6.07) is 0. The van der Waals surface area contributed by atoms with Crippen LogP contribution in [0, 0.1) is 5.92 Å². The molecular formula is C12H21N. The van der Waals surface area contributed by atoms with Crippen LogP contribution in [0.3, 0.4) is 0 Å². The normalized spacial score (nSPS) is 29.1. The molecule has 1 heterocycles. The van der Waals surface area contributed by atoms with Gasteiger partial charge in [0.25, 0.3) is 0 Å². The van der Waals surface area contributed by atoms with Crippen molar-refractivity contribution < 1.29 is 0 Å². The summed E-state index contributed by atoms with van der Waals surface area (Å²) in [7, 11) is 0. The highest BCUT2D eigenvalue weighted by Gasteiger charge is 2.31. The van der Waals surface area contributed by atoms with Crippen molar-refractivity contribution in [3.05, 3.63) is 12.2 Å². The van der Waals surface area contributed by atoms with Gasteiger partial charge in [0.2, 0.25) is 0 Å². The summed E-state index contributed by atoms with van der Waals surface area (Å²) >= 11 is 0. The van der Waals surface area contributed by atoms with Crippen molar-refractivity contribution in [3.8, 4) is 0 Å². The lowest BCUT2D eigenvalue weighted by atomic mass is 9.82. The van der Waals surface area contributed by atoms with Gasteiger partial charge in [-0.2, -0.15) is 0 Å². The zero-order valence-electron chi connectivity index (χ0n) is 9.30. The molecule has 0 aromatic heterocycles. The Morgan fingerprint density at radius 2 is 2.15 bits per heavy atom. The summed E-state index contributed by atoms with van der Waals surface area (Å²) in [5.74, 6) is 0.714. The molecule has 1 rings (SSSR count). The van der Waals surface area contributed by atoms with Crippen LogP contribution < -0.4 is 0 Å². The molecule has 1 nitrogen and oxygen atoms in total. The molecule has 0 amide bonds. The second kappa shape index (κ2) is 4.08. The van der Waals surface area contributed by atoms with Crippen LogP contribution in [0.1, 0.15) is 47.0 Å². The molecule has 1 aliphatic rings. The third-order valence-electron chi connectivity index (χ3n) is 3.04. The maximum atomic E-state index is 4.72. The number of aliphatic imine (C=N–C) groups is 1. The van der Waals surface area contributed by atoms with Crippen molar-refractivity contribution >= 4 is 5.71 Å². The van der Waals surface area contributed by atoms with Gasteiger partial charge in [-0.25, -0.2) is 0 Å². The van der Waals surface area contributed by atoms with E-state index in [1.54, 1.807) is 0 Å². The molecule has 13 heavy (non-hydrogen) atoms. The molecule has 0 bridgehead atoms. The van der Waals surface area contributed by atoms with E-state index in [4.69, 9.17) is 4.99 Å². The van der Waals surface area contributed by atoms with Gasteiger partial charge >= 0.3 is 0 Å². The summed E-state index contributed by atoms with van der Waals surface area (Å²) < 4.78 is 0. The highest BCUT2D eigenvalue weighted by Crippen LogP contribution is 2.33. The van der Waals surface area contributed by atoms with Gasteiger partial charge in [-0.15, -0.1) is 0 Å². The monoisotopic (exact) mass is 179 g/mol. The fourth-order valence-electron chi connectivity index (χ4n) is 2.23. The maximum absolute atomic E-state index is 4.72. The first kappa shape index (κ1) is 10.5. The molecular weight excluding hydrogens is 158 g/mol. The third kappa shape index (κ3) is 2.20. The van der Waals surface area contributed by atoms with Crippen LogP contribution in [0.4, 0.5) is 0 Å². The molecule has 2 unspecified atom stereocenters. The number of hydrogen-bond donors (Lipinski definition) is 0. The Morgan fingerprint density at radius 3 is 2.54 bits per heavy atom. The molecule has 0 N–H and O–H groups in total. The first-order chi connectivity index (χ1) is 6.12. The molecule has 0 saturated heterocycles. The van der Waals surface area contributed by atoms with Gasteiger partial charge in [-0.1, -0.05) is 32.8 Å². The standard InChI is InChI=1S/C12H21N/c1-5-7-11(6-2)12(4)9-8-10(3)13-12/h8-9,11H,5-7H2,1-4H3. The van der Waals surface area contributed by atoms with Gasteiger partial charge in [-0.05, 0) is 32.3 Å². The van der Waals surface area contributed by atoms with Gasteiger partial charge in [-0.3, -0.25) is 4.99 Å². The molecule has 0 radical (unpaired) electrons. The van der Waals surface area contributed by atoms with Crippen molar-refractivity contribution in [1.82, 2.24) is 0 Å². The molecule has 2 atom stereocenters. The zero-order valence-corrected chi connectivity index (χ0v) is 9.30. The first-order valence-corrected chi connectivity index (χ1v) is 5.38. The molecule has 0 aromatic carbocycles. The van der Waals surface area contributed by atoms with Crippen molar-refractivity contribution in [1.29, 1.82) is 0 Å². The lowest BCUT2D eigenvalue weighted by Gasteiger charge is -2.29. The fourth-order valence-corrected chi connectivity index (χ4v) is 2.23. The number of hydrogen-bond acceptors (Lipinski definition) is 1. The largest absolute Gasteiger partial charge is 0.279 e. The minimum Gasteiger partial charge on any atom is -0.279 e. The highest BCUT2D eigenvalue weighted by molar-refractivity contribution is 5.95. The van der Waals surface area contributed by atoms with Crippen LogP contribution in [0.5, 0.6) is 0 Å². The molecule has 0 aromatic rings. The van der Waals surface area contributed by atoms with E-state index in [0.717, 1.165) is 0 Å². The minimum atomic E-state index is 0.0921. The number of nitrogens with zero attached hydrogens (tertiary/aromatic N) is 1. The minimum absolute atomic E-state index is 0.0921. The Morgan fingerprint density at radius 1 is 1.46 bits per heavy atom. The lowest BCUT2D eigenvalue weighted by Crippen LogP contribution is -2.28. The van der Waals surface area contributed by atoms with Crippen molar-refractivity contribution in [2.75, 3.05) is 0 Å². The summed E-state index contributed by atoms with van der Waals surface area (Å²) in [5.41, 5.74) is 1.27. The number of allylic oxidation sites excluding steroid dienone is 1. The van der Waals surface area contributed by atoms with Crippen LogP contribution in [0.15, 0.2) is 17.1 Å². The van der Waals surface area contributed by atoms with E-state index in [1.165, 1.54) is 25.0 Å². The summed E-state index contributed by atoms with van der Waals surface area (Å²) in [4.78, 5) is 4.72. The van der Waals surface area contributed by atoms with Crippen molar-refractivity contribution in [2.45, 2.75) is 52.5 Å². The number of rotatable bonds is 4. The maximum Gasteiger partial charge on any atom is 0.0794 e. The topological polar surface area (TPSA) is 12.4 Å². The van der Waals surface area contributed by atoms with Gasteiger partial charge in [0.05, 0.1) is 5.54 Å². The Bertz CT molecular complexity index is 227. The summed E-state index contributed by atoms with van der Waals surface area (Å²) in [5, 5.41) is 0. The Labute approximate surface area is 82.0 Å². The van der Waals surface area contributed by atoms with Crippen LogP contribution in [0.2, 0.25) is 0 Å². The molecule has 0 fully saturated rings. The second-order valence-electron chi connectivity index (χ2n) is 4.21. The van der Waals surface area contributed by atoms with Gasteiger partial charge in [0.1, 0.15) is 0 Å². The van der Waals surface area contributed by atoms with Gasteiger partial charge in [0, 0.05) is 5.71 Å². The zero-order chi connectivity index (χ0) is 9.90. The summed E-state index contributed by atoms with van der Waals surface area (Å²) in [6.07, 6.45) is 8.20. The summed E-state index contributed by atoms with van der Waals surface area (Å²) in [6.45, 7) is 8.86. The average Bonchev–Trinajstić information content (AvgIpc) is 2.43. The van der Waals surface area contributed by atoms with Crippen LogP contribution in [-0.2, 0) is 0 Å². The van der Waals surface area contributed by atoms with E-state index < -0.39 is 0 Å². The lowest BCUT2D eigenvalue weighted by molar-refractivity contribution is 0.329. The highest BCUT2D eigenvalue weighted by atomic mass is 14.9. The average molecular weight is 179 g/mol. The van der Waals surface area contributed by atoms with Gasteiger partial charge in [0.15, 0.2) is 0 Å². The predicted molar refractivity (Wildman–Crippen MR) is 59.3 cm³/mol. The van der Waals surface area contributed by atoms with Gasteiger partial charge < -0.3 is 0 Å². The first-order valence-electron chi connectivity index (χ1n) is 5.38.